The zero-order valence-electron chi connectivity index (χ0n) is 9.52. The zero-order chi connectivity index (χ0) is 11.1. The van der Waals surface area contributed by atoms with Crippen molar-refractivity contribution in [3.63, 3.8) is 0 Å². The van der Waals surface area contributed by atoms with Crippen molar-refractivity contribution in [3.05, 3.63) is 35.9 Å². The van der Waals surface area contributed by atoms with Crippen LogP contribution in [-0.4, -0.2) is 38.7 Å². The Morgan fingerprint density at radius 3 is 2.53 bits per heavy atom. The SMILES string of the molecule is COC(CN(C)CCN)c1ccccc1. The Hall–Kier alpha value is -0.900. The van der Waals surface area contributed by atoms with Crippen molar-refractivity contribution in [1.29, 1.82) is 0 Å². The standard InChI is InChI=1S/C12H20N2O/c1-14(9-8-13)10-12(15-2)11-6-4-3-5-7-11/h3-7,12H,8-10,13H2,1-2H3. The number of hydrogen-bond donors (Lipinski definition) is 1. The summed E-state index contributed by atoms with van der Waals surface area (Å²) in [6.45, 7) is 2.45. The van der Waals surface area contributed by atoms with Crippen LogP contribution in [0.3, 0.4) is 0 Å². The summed E-state index contributed by atoms with van der Waals surface area (Å²) in [5, 5.41) is 0. The van der Waals surface area contributed by atoms with Crippen LogP contribution < -0.4 is 5.73 Å². The Morgan fingerprint density at radius 1 is 1.33 bits per heavy atom. The smallest absolute Gasteiger partial charge is 0.0947 e. The summed E-state index contributed by atoms with van der Waals surface area (Å²) >= 11 is 0. The first-order valence-corrected chi connectivity index (χ1v) is 5.24. The van der Waals surface area contributed by atoms with Crippen LogP contribution in [0, 0.1) is 0 Å². The quantitative estimate of drug-likeness (QED) is 0.765. The van der Waals surface area contributed by atoms with E-state index in [4.69, 9.17) is 10.5 Å². The van der Waals surface area contributed by atoms with E-state index in [0.717, 1.165) is 13.1 Å². The highest BCUT2D eigenvalue weighted by atomic mass is 16.5. The molecule has 0 amide bonds. The third-order valence-corrected chi connectivity index (χ3v) is 2.44. The maximum atomic E-state index is 5.50. The average Bonchev–Trinajstić information content (AvgIpc) is 2.27. The number of likely N-dealkylation sites (N-methyl/N-ethyl adjacent to an activating group) is 1. The summed E-state index contributed by atoms with van der Waals surface area (Å²) in [7, 11) is 3.80. The molecule has 0 saturated heterocycles. The van der Waals surface area contributed by atoms with Gasteiger partial charge in [0.05, 0.1) is 6.10 Å². The third kappa shape index (κ3) is 4.00. The van der Waals surface area contributed by atoms with Gasteiger partial charge >= 0.3 is 0 Å². The van der Waals surface area contributed by atoms with Gasteiger partial charge in [-0.15, -0.1) is 0 Å². The van der Waals surface area contributed by atoms with E-state index in [1.54, 1.807) is 7.11 Å². The van der Waals surface area contributed by atoms with Crippen LogP contribution in [0.4, 0.5) is 0 Å². The summed E-state index contributed by atoms with van der Waals surface area (Å²) in [4.78, 5) is 2.18. The Labute approximate surface area is 91.8 Å². The van der Waals surface area contributed by atoms with Crippen molar-refractivity contribution in [2.24, 2.45) is 5.73 Å². The fourth-order valence-electron chi connectivity index (χ4n) is 1.58. The monoisotopic (exact) mass is 208 g/mol. The molecule has 0 radical (unpaired) electrons. The fraction of sp³-hybridized carbons (Fsp3) is 0.500. The lowest BCUT2D eigenvalue weighted by molar-refractivity contribution is 0.0725. The molecular weight excluding hydrogens is 188 g/mol. The molecule has 0 spiro atoms. The van der Waals surface area contributed by atoms with Gasteiger partial charge in [0.25, 0.3) is 0 Å². The largest absolute Gasteiger partial charge is 0.375 e. The van der Waals surface area contributed by atoms with Crippen molar-refractivity contribution in [1.82, 2.24) is 4.90 Å². The van der Waals surface area contributed by atoms with Crippen molar-refractivity contribution in [2.45, 2.75) is 6.10 Å². The first kappa shape index (κ1) is 12.2. The Kier molecular flexibility index (Phi) is 5.32. The van der Waals surface area contributed by atoms with E-state index in [1.807, 2.05) is 18.2 Å². The van der Waals surface area contributed by atoms with Crippen molar-refractivity contribution < 1.29 is 4.74 Å². The van der Waals surface area contributed by atoms with Crippen LogP contribution in [0.5, 0.6) is 0 Å². The topological polar surface area (TPSA) is 38.5 Å². The number of nitrogens with zero attached hydrogens (tertiary/aromatic N) is 1. The fourth-order valence-corrected chi connectivity index (χ4v) is 1.58. The van der Waals surface area contributed by atoms with Crippen molar-refractivity contribution in [3.8, 4) is 0 Å². The van der Waals surface area contributed by atoms with Crippen LogP contribution in [0.25, 0.3) is 0 Å². The molecule has 1 unspecified atom stereocenters. The Balaban J connectivity index is 2.56. The summed E-state index contributed by atoms with van der Waals surface area (Å²) < 4.78 is 5.47. The predicted octanol–water partition coefficient (Wildman–Crippen LogP) is 1.26. The molecule has 0 aromatic heterocycles. The summed E-state index contributed by atoms with van der Waals surface area (Å²) in [5.41, 5.74) is 6.71. The van der Waals surface area contributed by atoms with Gasteiger partial charge in [-0.25, -0.2) is 0 Å². The second-order valence-electron chi connectivity index (χ2n) is 3.69. The molecule has 1 atom stereocenters. The minimum Gasteiger partial charge on any atom is -0.375 e. The molecule has 0 fully saturated rings. The zero-order valence-corrected chi connectivity index (χ0v) is 9.52. The number of nitrogens with two attached hydrogens (primary N) is 1. The lowest BCUT2D eigenvalue weighted by Gasteiger charge is -2.22. The minimum absolute atomic E-state index is 0.128. The molecule has 2 N–H and O–H groups in total. The normalized spacial score (nSPS) is 13.1. The highest BCUT2D eigenvalue weighted by Gasteiger charge is 2.11. The van der Waals surface area contributed by atoms with E-state index < -0.39 is 0 Å². The van der Waals surface area contributed by atoms with Crippen LogP contribution in [-0.2, 0) is 4.74 Å². The van der Waals surface area contributed by atoms with Crippen molar-refractivity contribution >= 4 is 0 Å². The van der Waals surface area contributed by atoms with Gasteiger partial charge in [0, 0.05) is 26.7 Å². The molecule has 1 aromatic carbocycles. The van der Waals surface area contributed by atoms with E-state index in [1.165, 1.54) is 5.56 Å². The third-order valence-electron chi connectivity index (χ3n) is 2.44. The van der Waals surface area contributed by atoms with E-state index in [2.05, 4.69) is 24.1 Å². The number of hydrogen-bond acceptors (Lipinski definition) is 3. The highest BCUT2D eigenvalue weighted by molar-refractivity contribution is 5.17. The van der Waals surface area contributed by atoms with E-state index in [0.29, 0.717) is 6.54 Å². The van der Waals surface area contributed by atoms with Crippen molar-refractivity contribution in [2.75, 3.05) is 33.8 Å². The van der Waals surface area contributed by atoms with Gasteiger partial charge in [0.2, 0.25) is 0 Å². The van der Waals surface area contributed by atoms with Gasteiger partial charge in [0.1, 0.15) is 0 Å². The van der Waals surface area contributed by atoms with Crippen LogP contribution in [0.1, 0.15) is 11.7 Å². The summed E-state index contributed by atoms with van der Waals surface area (Å²) in [6.07, 6.45) is 0.128. The second kappa shape index (κ2) is 6.56. The minimum atomic E-state index is 0.128. The molecule has 0 aliphatic heterocycles. The number of benzene rings is 1. The predicted molar refractivity (Wildman–Crippen MR) is 62.7 cm³/mol. The van der Waals surface area contributed by atoms with Gasteiger partial charge in [-0.05, 0) is 12.6 Å². The molecule has 0 aliphatic rings. The molecule has 84 valence electrons. The molecule has 3 heteroatoms. The maximum absolute atomic E-state index is 5.50. The van der Waals surface area contributed by atoms with E-state index in [9.17, 15) is 0 Å². The highest BCUT2D eigenvalue weighted by Crippen LogP contribution is 2.16. The summed E-state index contributed by atoms with van der Waals surface area (Å²) in [5.74, 6) is 0. The van der Waals surface area contributed by atoms with E-state index >= 15 is 0 Å². The molecule has 0 bridgehead atoms. The van der Waals surface area contributed by atoms with Gasteiger partial charge in [0.15, 0.2) is 0 Å². The Morgan fingerprint density at radius 2 is 2.00 bits per heavy atom. The molecule has 1 aromatic rings. The summed E-state index contributed by atoms with van der Waals surface area (Å²) in [6, 6.07) is 10.3. The molecular formula is C12H20N2O. The molecule has 0 saturated carbocycles. The van der Waals surface area contributed by atoms with Gasteiger partial charge < -0.3 is 15.4 Å². The first-order chi connectivity index (χ1) is 7.27. The van der Waals surface area contributed by atoms with Crippen LogP contribution >= 0.6 is 0 Å². The molecule has 15 heavy (non-hydrogen) atoms. The van der Waals surface area contributed by atoms with Gasteiger partial charge in [-0.2, -0.15) is 0 Å². The lowest BCUT2D eigenvalue weighted by atomic mass is 10.1. The lowest BCUT2D eigenvalue weighted by Crippen LogP contribution is -2.30. The molecule has 1 rings (SSSR count). The number of ether oxygens (including phenoxy) is 1. The molecule has 3 nitrogen and oxygen atoms in total. The number of rotatable bonds is 6. The van der Waals surface area contributed by atoms with Crippen LogP contribution in [0.2, 0.25) is 0 Å². The molecule has 0 aliphatic carbocycles. The molecule has 0 heterocycles. The van der Waals surface area contributed by atoms with Gasteiger partial charge in [-0.1, -0.05) is 30.3 Å². The number of methoxy groups -OCH3 is 1. The maximum Gasteiger partial charge on any atom is 0.0947 e. The Bertz CT molecular complexity index is 264. The second-order valence-corrected chi connectivity index (χ2v) is 3.69. The average molecular weight is 208 g/mol. The van der Waals surface area contributed by atoms with Crippen LogP contribution in [0.15, 0.2) is 30.3 Å². The first-order valence-electron chi connectivity index (χ1n) is 5.24. The van der Waals surface area contributed by atoms with E-state index in [-0.39, 0.29) is 6.10 Å². The van der Waals surface area contributed by atoms with Gasteiger partial charge in [-0.3, -0.25) is 0 Å².